The smallest absolute Gasteiger partial charge is 0.497 e. The molecule has 0 atom stereocenters. The van der Waals surface area contributed by atoms with Crippen molar-refractivity contribution in [2.45, 2.75) is 6.54 Å². The van der Waals surface area contributed by atoms with Gasteiger partial charge < -0.3 is 21.9 Å². The topological polar surface area (TPSA) is 151 Å². The normalized spacial score (nSPS) is 17.7. The van der Waals surface area contributed by atoms with Crippen LogP contribution in [0.5, 0.6) is 5.75 Å². The number of amides is 3. The van der Waals surface area contributed by atoms with Gasteiger partial charge in [0.1, 0.15) is 5.75 Å². The van der Waals surface area contributed by atoms with Crippen molar-refractivity contribution in [1.29, 1.82) is 0 Å². The quantitative estimate of drug-likeness (QED) is 0.283. The Kier molecular flexibility index (Phi) is 14.7. The van der Waals surface area contributed by atoms with E-state index >= 15 is 0 Å². The van der Waals surface area contributed by atoms with Crippen LogP contribution < -0.4 is 21.9 Å². The van der Waals surface area contributed by atoms with Gasteiger partial charge in [-0.2, -0.15) is 0 Å². The van der Waals surface area contributed by atoms with Crippen LogP contribution in [0.3, 0.4) is 0 Å². The molecule has 189 valence electrons. The Morgan fingerprint density at radius 1 is 0.735 bits per heavy atom. The van der Waals surface area contributed by atoms with Gasteiger partial charge in [-0.25, -0.2) is 0 Å². The van der Waals surface area contributed by atoms with Crippen LogP contribution in [-0.2, 0) is 20.9 Å². The maximum atomic E-state index is 11.6. The van der Waals surface area contributed by atoms with Crippen LogP contribution in [0.4, 0.5) is 0 Å². The predicted molar refractivity (Wildman–Crippen MR) is 125 cm³/mol. The van der Waals surface area contributed by atoms with Crippen molar-refractivity contribution in [2.24, 2.45) is 17.2 Å². The van der Waals surface area contributed by atoms with Gasteiger partial charge in [0.05, 0.1) is 26.7 Å². The first-order valence-corrected chi connectivity index (χ1v) is 11.1. The van der Waals surface area contributed by atoms with Gasteiger partial charge in [0.2, 0.25) is 17.7 Å². The van der Waals surface area contributed by atoms with Crippen molar-refractivity contribution in [3.63, 3.8) is 0 Å². The molecule has 0 aliphatic carbocycles. The van der Waals surface area contributed by atoms with E-state index in [9.17, 15) is 14.4 Å². The minimum Gasteiger partial charge on any atom is -0.497 e. The third-order valence-corrected chi connectivity index (χ3v) is 5.61. The Hall–Kier alpha value is -1.41. The molecule has 1 saturated heterocycles. The number of carbonyl (C=O) groups excluding carboxylic acids is 3. The van der Waals surface area contributed by atoms with Gasteiger partial charge >= 0.3 is 39.9 Å². The number of benzene rings is 1. The van der Waals surface area contributed by atoms with Gasteiger partial charge in [0.15, 0.2) is 0 Å². The van der Waals surface area contributed by atoms with E-state index in [1.807, 2.05) is 39.0 Å². The monoisotopic (exact) mass is 621 g/mol. The van der Waals surface area contributed by atoms with Crippen LogP contribution in [0.1, 0.15) is 5.56 Å². The molecule has 1 fully saturated rings. The van der Waals surface area contributed by atoms with Gasteiger partial charge in [0, 0.05) is 58.9 Å². The molecule has 0 bridgehead atoms. The molecule has 1 heterocycles. The molecule has 0 unspecified atom stereocenters. The van der Waals surface area contributed by atoms with Gasteiger partial charge in [-0.05, 0) is 17.7 Å². The van der Waals surface area contributed by atoms with Gasteiger partial charge in [-0.15, -0.1) is 0 Å². The molecule has 2 rings (SSSR count). The summed E-state index contributed by atoms with van der Waals surface area (Å²) in [5.74, 6) is -0.414. The molecule has 34 heavy (non-hydrogen) atoms. The summed E-state index contributed by atoms with van der Waals surface area (Å²) >= 11 is 0. The number of rotatable bonds is 9. The Balaban J connectivity index is 0.00000578. The van der Waals surface area contributed by atoms with Crippen LogP contribution >= 0.6 is 0 Å². The summed E-state index contributed by atoms with van der Waals surface area (Å²) in [5, 5.41) is 0. The summed E-state index contributed by atoms with van der Waals surface area (Å²) in [6.45, 7) is 5.99. The molecule has 1 aliphatic rings. The summed E-state index contributed by atoms with van der Waals surface area (Å²) in [6, 6.07) is 7.90. The molecular formula is C22H37GdN7O4+3. The van der Waals surface area contributed by atoms with Crippen LogP contribution in [0, 0.1) is 39.9 Å². The van der Waals surface area contributed by atoms with Crippen LogP contribution in [-0.4, -0.2) is 116 Å². The molecule has 1 aromatic rings. The Morgan fingerprint density at radius 3 is 1.47 bits per heavy atom. The largest absolute Gasteiger partial charge is 3.00 e. The average molecular weight is 621 g/mol. The van der Waals surface area contributed by atoms with E-state index in [-0.39, 0.29) is 59.6 Å². The first-order chi connectivity index (χ1) is 15.7. The predicted octanol–water partition coefficient (Wildman–Crippen LogP) is -2.13. The van der Waals surface area contributed by atoms with E-state index in [0.717, 1.165) is 11.3 Å². The molecule has 1 radical (unpaired) electrons. The van der Waals surface area contributed by atoms with Gasteiger partial charge in [-0.3, -0.25) is 34.0 Å². The fourth-order valence-corrected chi connectivity index (χ4v) is 3.90. The molecule has 12 heteroatoms. The van der Waals surface area contributed by atoms with Crippen molar-refractivity contribution in [3.05, 3.63) is 29.8 Å². The third kappa shape index (κ3) is 12.3. The average Bonchev–Trinajstić information content (AvgIpc) is 2.74. The fourth-order valence-electron chi connectivity index (χ4n) is 3.90. The van der Waals surface area contributed by atoms with Crippen LogP contribution in [0.2, 0.25) is 0 Å². The van der Waals surface area contributed by atoms with E-state index in [0.29, 0.717) is 58.9 Å². The number of primary amides is 3. The van der Waals surface area contributed by atoms with Gasteiger partial charge in [0.25, 0.3) is 0 Å². The summed E-state index contributed by atoms with van der Waals surface area (Å²) in [6.07, 6.45) is 0. The number of nitrogens with two attached hydrogens (primary N) is 3. The summed E-state index contributed by atoms with van der Waals surface area (Å²) in [7, 11) is 1.64. The van der Waals surface area contributed by atoms with Crippen LogP contribution in [0.15, 0.2) is 24.3 Å². The third-order valence-electron chi connectivity index (χ3n) is 5.61. The number of hydrogen-bond donors (Lipinski definition) is 3. The Morgan fingerprint density at radius 2 is 1.12 bits per heavy atom. The minimum atomic E-state index is -0.422. The fraction of sp³-hybridized carbons (Fsp3) is 0.591. The molecule has 6 N–H and O–H groups in total. The van der Waals surface area contributed by atoms with E-state index in [1.165, 1.54) is 0 Å². The van der Waals surface area contributed by atoms with Crippen LogP contribution in [0.25, 0.3) is 0 Å². The second-order valence-corrected chi connectivity index (χ2v) is 8.36. The summed E-state index contributed by atoms with van der Waals surface area (Å²) in [5.41, 5.74) is 17.4. The number of nitrogens with zero attached hydrogens (tertiary/aromatic N) is 4. The first kappa shape index (κ1) is 30.6. The molecule has 0 spiro atoms. The molecule has 3 amide bonds. The van der Waals surface area contributed by atoms with Gasteiger partial charge in [-0.1, -0.05) is 12.1 Å². The van der Waals surface area contributed by atoms with Crippen molar-refractivity contribution in [2.75, 3.05) is 79.1 Å². The molecule has 0 aromatic heterocycles. The van der Waals surface area contributed by atoms with E-state index in [1.54, 1.807) is 7.11 Å². The zero-order chi connectivity index (χ0) is 24.2. The molecule has 11 nitrogen and oxygen atoms in total. The maximum absolute atomic E-state index is 11.6. The van der Waals surface area contributed by atoms with E-state index in [2.05, 4.69) is 4.90 Å². The van der Waals surface area contributed by atoms with E-state index in [4.69, 9.17) is 21.9 Å². The molecule has 1 aliphatic heterocycles. The second kappa shape index (κ2) is 16.3. The minimum absolute atomic E-state index is 0. The Bertz CT molecular complexity index is 766. The molecular weight excluding hydrogens is 584 g/mol. The number of methoxy groups -OCH3 is 1. The zero-order valence-electron chi connectivity index (χ0n) is 19.8. The Labute approximate surface area is 233 Å². The summed E-state index contributed by atoms with van der Waals surface area (Å²) < 4.78 is 5.34. The van der Waals surface area contributed by atoms with Crippen molar-refractivity contribution in [3.8, 4) is 5.75 Å². The first-order valence-electron chi connectivity index (χ1n) is 11.1. The number of hydrogen-bond acceptors (Lipinski definition) is 8. The standard InChI is InChI=1S/C22H37N7O4.Gd/c1-33-19-4-2-3-18(13-19)14-26-5-7-27(15-20(23)30)9-11-29(17-22(25)32)12-10-28(8-6-26)16-21(24)31;/h2-4,13H,5-12,14-17H2,1H3,(H2,23,30)(H2,24,31)(H2,25,32);/q;+3. The SMILES string of the molecule is COc1cccc(CN2CCN(CC(N)=O)CCN(CC(N)=O)CCN(CC(N)=O)CC2)c1.[Gd+3]. The zero-order valence-corrected chi connectivity index (χ0v) is 22.1. The van der Waals surface area contributed by atoms with Crippen molar-refractivity contribution >= 4 is 17.7 Å². The number of carbonyl (C=O) groups is 3. The second-order valence-electron chi connectivity index (χ2n) is 8.36. The molecule has 0 saturated carbocycles. The van der Waals surface area contributed by atoms with Crippen molar-refractivity contribution in [1.82, 2.24) is 19.6 Å². The van der Waals surface area contributed by atoms with Crippen molar-refractivity contribution < 1.29 is 59.1 Å². The maximum Gasteiger partial charge on any atom is 3.00 e. The molecule has 1 aromatic carbocycles. The van der Waals surface area contributed by atoms with E-state index < -0.39 is 17.7 Å². The summed E-state index contributed by atoms with van der Waals surface area (Å²) in [4.78, 5) is 42.9. The number of ether oxygens (including phenoxy) is 1.